The molecule has 1 aliphatic carbocycles. The molecule has 2 aromatic rings. The third kappa shape index (κ3) is 5.13. The molecule has 1 aromatic heterocycles. The Morgan fingerprint density at radius 2 is 1.87 bits per heavy atom. The van der Waals surface area contributed by atoms with Crippen molar-refractivity contribution in [1.29, 1.82) is 0 Å². The Morgan fingerprint density at radius 1 is 1.16 bits per heavy atom. The van der Waals surface area contributed by atoms with Crippen LogP contribution in [0.25, 0.3) is 0 Å². The zero-order chi connectivity index (χ0) is 22.0. The average Bonchev–Trinajstić information content (AvgIpc) is 3.43. The van der Waals surface area contributed by atoms with Gasteiger partial charge in [0.15, 0.2) is 0 Å². The van der Waals surface area contributed by atoms with Crippen molar-refractivity contribution in [3.63, 3.8) is 0 Å². The molecule has 1 aromatic carbocycles. The Labute approximate surface area is 186 Å². The Kier molecular flexibility index (Phi) is 6.67. The molecule has 6 nitrogen and oxygen atoms in total. The van der Waals surface area contributed by atoms with Crippen LogP contribution in [-0.4, -0.2) is 52.8 Å². The van der Waals surface area contributed by atoms with Crippen molar-refractivity contribution in [3.8, 4) is 0 Å². The molecule has 8 heteroatoms. The number of anilines is 1. The first-order valence-corrected chi connectivity index (χ1v) is 11.8. The first-order chi connectivity index (χ1) is 14.9. The number of benzene rings is 1. The number of carbonyl (C=O) groups excluding carboxylic acids is 2. The molecule has 31 heavy (non-hydrogen) atoms. The SMILES string of the molecule is Cc1ncc(C(=O)Nc2cc(F)cc(CN3CCN(C(=O)C4CCCC4)CC3)c2C)s1. The minimum absolute atomic E-state index is 0.213. The number of nitrogens with zero attached hydrogens (tertiary/aromatic N) is 3. The molecule has 1 N–H and O–H groups in total. The van der Waals surface area contributed by atoms with Gasteiger partial charge in [0.2, 0.25) is 5.91 Å². The van der Waals surface area contributed by atoms with E-state index in [1.807, 2.05) is 18.7 Å². The quantitative estimate of drug-likeness (QED) is 0.758. The molecule has 0 atom stereocenters. The first kappa shape index (κ1) is 21.9. The number of thiazole rings is 1. The Balaban J connectivity index is 1.38. The van der Waals surface area contributed by atoms with Crippen LogP contribution in [0.3, 0.4) is 0 Å². The van der Waals surface area contributed by atoms with Crippen molar-refractivity contribution in [2.75, 3.05) is 31.5 Å². The van der Waals surface area contributed by atoms with Crippen LogP contribution in [0.2, 0.25) is 0 Å². The molecule has 1 saturated heterocycles. The third-order valence-corrected chi connectivity index (χ3v) is 7.27. The zero-order valence-electron chi connectivity index (χ0n) is 18.1. The smallest absolute Gasteiger partial charge is 0.267 e. The number of hydrogen-bond acceptors (Lipinski definition) is 5. The lowest BCUT2D eigenvalue weighted by Crippen LogP contribution is -2.49. The van der Waals surface area contributed by atoms with E-state index in [1.165, 1.54) is 29.7 Å². The number of aryl methyl sites for hydroxylation is 1. The van der Waals surface area contributed by atoms with Gasteiger partial charge in [-0.05, 0) is 49.9 Å². The molecule has 2 amide bonds. The number of hydrogen-bond donors (Lipinski definition) is 1. The lowest BCUT2D eigenvalue weighted by molar-refractivity contribution is -0.137. The highest BCUT2D eigenvalue weighted by Crippen LogP contribution is 2.28. The van der Waals surface area contributed by atoms with Gasteiger partial charge in [-0.25, -0.2) is 9.37 Å². The maximum Gasteiger partial charge on any atom is 0.267 e. The van der Waals surface area contributed by atoms with Gasteiger partial charge in [0.25, 0.3) is 5.91 Å². The van der Waals surface area contributed by atoms with Crippen LogP contribution in [-0.2, 0) is 11.3 Å². The van der Waals surface area contributed by atoms with Gasteiger partial charge >= 0.3 is 0 Å². The van der Waals surface area contributed by atoms with E-state index in [0.29, 0.717) is 23.0 Å². The van der Waals surface area contributed by atoms with Crippen molar-refractivity contribution >= 4 is 28.8 Å². The van der Waals surface area contributed by atoms with E-state index in [-0.39, 0.29) is 17.6 Å². The lowest BCUT2D eigenvalue weighted by Gasteiger charge is -2.36. The summed E-state index contributed by atoms with van der Waals surface area (Å²) >= 11 is 1.31. The van der Waals surface area contributed by atoms with Crippen LogP contribution in [0.5, 0.6) is 0 Å². The zero-order valence-corrected chi connectivity index (χ0v) is 18.9. The minimum atomic E-state index is -0.369. The molecule has 166 valence electrons. The summed E-state index contributed by atoms with van der Waals surface area (Å²) in [6.45, 7) is 7.33. The van der Waals surface area contributed by atoms with Gasteiger partial charge in [0.1, 0.15) is 10.7 Å². The standard InChI is InChI=1S/C23H29FN4O2S/c1-15-18(11-19(24)12-20(15)26-22(29)21-13-25-16(2)31-21)14-27-7-9-28(10-8-27)23(30)17-5-3-4-6-17/h11-13,17H,3-10,14H2,1-2H3,(H,26,29). The van der Waals surface area contributed by atoms with E-state index in [4.69, 9.17) is 0 Å². The van der Waals surface area contributed by atoms with Crippen molar-refractivity contribution in [3.05, 3.63) is 45.2 Å². The summed E-state index contributed by atoms with van der Waals surface area (Å²) in [5, 5.41) is 3.64. The van der Waals surface area contributed by atoms with Crippen LogP contribution in [0, 0.1) is 25.6 Å². The fourth-order valence-electron chi connectivity index (χ4n) is 4.48. The van der Waals surface area contributed by atoms with Crippen molar-refractivity contribution in [2.24, 2.45) is 5.92 Å². The van der Waals surface area contributed by atoms with Gasteiger partial charge in [0.05, 0.1) is 11.2 Å². The summed E-state index contributed by atoms with van der Waals surface area (Å²) in [5.74, 6) is -0.122. The minimum Gasteiger partial charge on any atom is -0.340 e. The number of halogens is 1. The predicted molar refractivity (Wildman–Crippen MR) is 120 cm³/mol. The van der Waals surface area contributed by atoms with Gasteiger partial charge in [-0.2, -0.15) is 0 Å². The fraction of sp³-hybridized carbons (Fsp3) is 0.522. The third-order valence-electron chi connectivity index (χ3n) is 6.36. The van der Waals surface area contributed by atoms with Crippen LogP contribution in [0.4, 0.5) is 10.1 Å². The van der Waals surface area contributed by atoms with Gasteiger partial charge in [-0.3, -0.25) is 14.5 Å². The molecule has 2 aliphatic rings. The number of piperazine rings is 1. The van der Waals surface area contributed by atoms with Crippen molar-refractivity contribution in [1.82, 2.24) is 14.8 Å². The van der Waals surface area contributed by atoms with Crippen molar-refractivity contribution in [2.45, 2.75) is 46.1 Å². The van der Waals surface area contributed by atoms with Crippen molar-refractivity contribution < 1.29 is 14.0 Å². The monoisotopic (exact) mass is 444 g/mol. The van der Waals surface area contributed by atoms with E-state index in [0.717, 1.165) is 68.0 Å². The topological polar surface area (TPSA) is 65.5 Å². The van der Waals surface area contributed by atoms with Gasteiger partial charge in [0, 0.05) is 44.3 Å². The maximum absolute atomic E-state index is 14.3. The molecule has 0 spiro atoms. The Bertz CT molecular complexity index is 962. The molecule has 2 fully saturated rings. The number of aromatic nitrogens is 1. The summed E-state index contributed by atoms with van der Waals surface area (Å²) in [6, 6.07) is 2.90. The second-order valence-corrected chi connectivity index (χ2v) is 9.75. The van der Waals surface area contributed by atoms with E-state index < -0.39 is 0 Å². The largest absolute Gasteiger partial charge is 0.340 e. The van der Waals surface area contributed by atoms with Crippen LogP contribution in [0.1, 0.15) is 51.5 Å². The number of rotatable bonds is 5. The molecular formula is C23H29FN4O2S. The summed E-state index contributed by atoms with van der Waals surface area (Å²) in [4.78, 5) is 34.0. The highest BCUT2D eigenvalue weighted by atomic mass is 32.1. The van der Waals surface area contributed by atoms with Gasteiger partial charge in [-0.15, -0.1) is 11.3 Å². The normalized spacial score (nSPS) is 17.8. The van der Waals surface area contributed by atoms with Crippen LogP contribution in [0.15, 0.2) is 18.3 Å². The number of nitrogens with one attached hydrogen (secondary N) is 1. The molecular weight excluding hydrogens is 415 g/mol. The molecule has 1 aliphatic heterocycles. The van der Waals surface area contributed by atoms with Gasteiger partial charge < -0.3 is 10.2 Å². The highest BCUT2D eigenvalue weighted by molar-refractivity contribution is 7.13. The van der Waals surface area contributed by atoms with E-state index >= 15 is 0 Å². The molecule has 0 radical (unpaired) electrons. The lowest BCUT2D eigenvalue weighted by atomic mass is 10.0. The second-order valence-electron chi connectivity index (χ2n) is 8.52. The predicted octanol–water partition coefficient (Wildman–Crippen LogP) is 3.99. The summed E-state index contributed by atoms with van der Waals surface area (Å²) in [5.41, 5.74) is 2.20. The summed E-state index contributed by atoms with van der Waals surface area (Å²) in [7, 11) is 0. The van der Waals surface area contributed by atoms with E-state index in [9.17, 15) is 14.0 Å². The molecule has 4 rings (SSSR count). The fourth-order valence-corrected chi connectivity index (χ4v) is 5.15. The van der Waals surface area contributed by atoms with Crippen LogP contribution < -0.4 is 5.32 Å². The second kappa shape index (κ2) is 9.44. The summed E-state index contributed by atoms with van der Waals surface area (Å²) in [6.07, 6.45) is 5.92. The van der Waals surface area contributed by atoms with E-state index in [2.05, 4.69) is 15.2 Å². The Morgan fingerprint density at radius 3 is 2.52 bits per heavy atom. The van der Waals surface area contributed by atoms with E-state index in [1.54, 1.807) is 0 Å². The van der Waals surface area contributed by atoms with Crippen LogP contribution >= 0.6 is 11.3 Å². The molecule has 2 heterocycles. The number of carbonyl (C=O) groups is 2. The van der Waals surface area contributed by atoms with Gasteiger partial charge in [-0.1, -0.05) is 12.8 Å². The molecule has 0 bridgehead atoms. The highest BCUT2D eigenvalue weighted by Gasteiger charge is 2.29. The number of amides is 2. The first-order valence-electron chi connectivity index (χ1n) is 10.9. The molecule has 0 unspecified atom stereocenters. The molecule has 1 saturated carbocycles. The summed E-state index contributed by atoms with van der Waals surface area (Å²) < 4.78 is 14.3. The maximum atomic E-state index is 14.3. The average molecular weight is 445 g/mol. The Hall–Kier alpha value is -2.32.